The first-order valence-electron chi connectivity index (χ1n) is 10.3. The third-order valence-corrected chi connectivity index (χ3v) is 5.44. The van der Waals surface area contributed by atoms with Crippen LogP contribution in [-0.4, -0.2) is 36.9 Å². The number of benzene rings is 2. The maximum Gasteiger partial charge on any atom is 0.277 e. The SMILES string of the molecule is Cc1cc(C)c(OCC(=O)N/N=C\c2ccc3cc[nH]c3c2)c(C2CCOCC2)c1. The van der Waals surface area contributed by atoms with Gasteiger partial charge in [-0.25, -0.2) is 5.43 Å². The molecule has 0 unspecified atom stereocenters. The van der Waals surface area contributed by atoms with Gasteiger partial charge in [0.1, 0.15) is 5.75 Å². The van der Waals surface area contributed by atoms with Crippen molar-refractivity contribution in [2.45, 2.75) is 32.6 Å². The number of hydrazone groups is 1. The van der Waals surface area contributed by atoms with Gasteiger partial charge in [-0.05, 0) is 66.8 Å². The molecule has 2 N–H and O–H groups in total. The van der Waals surface area contributed by atoms with Crippen molar-refractivity contribution in [2.75, 3.05) is 19.8 Å². The number of aromatic nitrogens is 1. The summed E-state index contributed by atoms with van der Waals surface area (Å²) in [5, 5.41) is 5.20. The number of nitrogens with zero attached hydrogens (tertiary/aromatic N) is 1. The lowest BCUT2D eigenvalue weighted by Gasteiger charge is -2.25. The van der Waals surface area contributed by atoms with E-state index in [2.05, 4.69) is 34.6 Å². The summed E-state index contributed by atoms with van der Waals surface area (Å²) >= 11 is 0. The predicted molar refractivity (Wildman–Crippen MR) is 118 cm³/mol. The Balaban J connectivity index is 1.38. The molecule has 0 aliphatic carbocycles. The number of hydrogen-bond acceptors (Lipinski definition) is 4. The molecule has 0 saturated carbocycles. The predicted octanol–water partition coefficient (Wildman–Crippen LogP) is 4.21. The second-order valence-electron chi connectivity index (χ2n) is 7.79. The van der Waals surface area contributed by atoms with Gasteiger partial charge in [-0.3, -0.25) is 4.79 Å². The fraction of sp³-hybridized carbons (Fsp3) is 0.333. The lowest BCUT2D eigenvalue weighted by atomic mass is 9.88. The van der Waals surface area contributed by atoms with E-state index in [9.17, 15) is 4.79 Å². The summed E-state index contributed by atoms with van der Waals surface area (Å²) in [4.78, 5) is 15.4. The monoisotopic (exact) mass is 405 g/mol. The van der Waals surface area contributed by atoms with Crippen LogP contribution < -0.4 is 10.2 Å². The van der Waals surface area contributed by atoms with Gasteiger partial charge in [0.05, 0.1) is 6.21 Å². The summed E-state index contributed by atoms with van der Waals surface area (Å²) in [5.41, 5.74) is 7.91. The molecule has 1 amide bonds. The number of carbonyl (C=O) groups excluding carboxylic acids is 1. The zero-order chi connectivity index (χ0) is 20.9. The van der Waals surface area contributed by atoms with Gasteiger partial charge in [-0.2, -0.15) is 5.10 Å². The van der Waals surface area contributed by atoms with Crippen LogP contribution >= 0.6 is 0 Å². The number of fused-ring (bicyclic) bond motifs is 1. The average molecular weight is 405 g/mol. The quantitative estimate of drug-likeness (QED) is 0.477. The number of rotatable bonds is 6. The molecule has 1 aliphatic heterocycles. The molecule has 0 bridgehead atoms. The number of nitrogens with one attached hydrogen (secondary N) is 2. The Morgan fingerprint density at radius 2 is 2.07 bits per heavy atom. The maximum atomic E-state index is 12.3. The molecule has 30 heavy (non-hydrogen) atoms. The van der Waals surface area contributed by atoms with Gasteiger partial charge in [0.2, 0.25) is 0 Å². The Bertz CT molecular complexity index is 1060. The van der Waals surface area contributed by atoms with Crippen molar-refractivity contribution < 1.29 is 14.3 Å². The van der Waals surface area contributed by atoms with E-state index >= 15 is 0 Å². The molecule has 156 valence electrons. The van der Waals surface area contributed by atoms with Gasteiger partial charge >= 0.3 is 0 Å². The summed E-state index contributed by atoms with van der Waals surface area (Å²) in [5.74, 6) is 0.922. The van der Waals surface area contributed by atoms with Crippen molar-refractivity contribution >= 4 is 23.0 Å². The Hall–Kier alpha value is -3.12. The normalized spacial score (nSPS) is 15.0. The Morgan fingerprint density at radius 1 is 1.23 bits per heavy atom. The molecule has 0 spiro atoms. The molecule has 6 heteroatoms. The molecule has 0 radical (unpaired) electrons. The lowest BCUT2D eigenvalue weighted by molar-refractivity contribution is -0.123. The van der Waals surface area contributed by atoms with Crippen LogP contribution in [0.3, 0.4) is 0 Å². The van der Waals surface area contributed by atoms with E-state index in [0.717, 1.165) is 53.8 Å². The van der Waals surface area contributed by atoms with Crippen molar-refractivity contribution in [3.8, 4) is 5.75 Å². The zero-order valence-corrected chi connectivity index (χ0v) is 17.4. The summed E-state index contributed by atoms with van der Waals surface area (Å²) in [6, 6.07) is 12.2. The number of aryl methyl sites for hydroxylation is 2. The first-order chi connectivity index (χ1) is 14.6. The number of amides is 1. The molecule has 0 atom stereocenters. The third-order valence-electron chi connectivity index (χ3n) is 5.44. The standard InChI is InChI=1S/C24H27N3O3/c1-16-11-17(2)24(21(12-16)19-6-9-29-10-7-19)30-15-23(28)27-26-14-18-3-4-20-5-8-25-22(20)13-18/h3-5,8,11-14,19,25H,6-7,9-10,15H2,1-2H3,(H,27,28)/b26-14-. The van der Waals surface area contributed by atoms with Crippen LogP contribution in [-0.2, 0) is 9.53 Å². The van der Waals surface area contributed by atoms with Crippen LogP contribution in [0.5, 0.6) is 5.75 Å². The summed E-state index contributed by atoms with van der Waals surface area (Å²) in [6.45, 7) is 5.57. The summed E-state index contributed by atoms with van der Waals surface area (Å²) in [6.07, 6.45) is 5.47. The molecule has 4 rings (SSSR count). The second kappa shape index (κ2) is 9.13. The van der Waals surface area contributed by atoms with Gasteiger partial charge in [-0.1, -0.05) is 29.8 Å². The highest BCUT2D eigenvalue weighted by Crippen LogP contribution is 2.36. The highest BCUT2D eigenvalue weighted by atomic mass is 16.5. The number of hydrogen-bond donors (Lipinski definition) is 2. The topological polar surface area (TPSA) is 75.7 Å². The van der Waals surface area contributed by atoms with E-state index in [1.54, 1.807) is 6.21 Å². The first kappa shape index (κ1) is 20.2. The van der Waals surface area contributed by atoms with Crippen molar-refractivity contribution in [1.82, 2.24) is 10.4 Å². The summed E-state index contributed by atoms with van der Waals surface area (Å²) < 4.78 is 11.5. The van der Waals surface area contributed by atoms with Crippen LogP contribution in [0.25, 0.3) is 10.9 Å². The van der Waals surface area contributed by atoms with E-state index in [1.807, 2.05) is 37.4 Å². The smallest absolute Gasteiger partial charge is 0.277 e. The highest BCUT2D eigenvalue weighted by Gasteiger charge is 2.21. The third kappa shape index (κ3) is 4.71. The minimum atomic E-state index is -0.287. The van der Waals surface area contributed by atoms with Crippen LogP contribution in [0.15, 0.2) is 47.7 Å². The van der Waals surface area contributed by atoms with Crippen LogP contribution in [0.2, 0.25) is 0 Å². The van der Waals surface area contributed by atoms with E-state index < -0.39 is 0 Å². The van der Waals surface area contributed by atoms with Crippen molar-refractivity contribution in [3.63, 3.8) is 0 Å². The van der Waals surface area contributed by atoms with Crippen LogP contribution in [0, 0.1) is 13.8 Å². The fourth-order valence-electron chi connectivity index (χ4n) is 3.99. The molecular formula is C24H27N3O3. The maximum absolute atomic E-state index is 12.3. The molecule has 1 saturated heterocycles. The lowest BCUT2D eigenvalue weighted by Crippen LogP contribution is -2.25. The molecule has 1 aliphatic rings. The van der Waals surface area contributed by atoms with E-state index in [0.29, 0.717) is 5.92 Å². The Kier molecular flexibility index (Phi) is 6.14. The number of carbonyl (C=O) groups is 1. The molecule has 1 fully saturated rings. The first-order valence-corrected chi connectivity index (χ1v) is 10.3. The number of H-pyrrole nitrogens is 1. The largest absolute Gasteiger partial charge is 0.483 e. The minimum Gasteiger partial charge on any atom is -0.483 e. The van der Waals surface area contributed by atoms with Gasteiger partial charge in [0.25, 0.3) is 5.91 Å². The van der Waals surface area contributed by atoms with Gasteiger partial charge in [0, 0.05) is 24.9 Å². The molecule has 2 heterocycles. The van der Waals surface area contributed by atoms with Gasteiger partial charge < -0.3 is 14.5 Å². The molecule has 3 aromatic rings. The van der Waals surface area contributed by atoms with Crippen LogP contribution in [0.4, 0.5) is 0 Å². The molecule has 2 aromatic carbocycles. The van der Waals surface area contributed by atoms with Crippen LogP contribution in [0.1, 0.15) is 41.0 Å². The van der Waals surface area contributed by atoms with E-state index in [4.69, 9.17) is 9.47 Å². The van der Waals surface area contributed by atoms with Gasteiger partial charge in [-0.15, -0.1) is 0 Å². The summed E-state index contributed by atoms with van der Waals surface area (Å²) in [7, 11) is 0. The highest BCUT2D eigenvalue weighted by molar-refractivity contribution is 5.89. The second-order valence-corrected chi connectivity index (χ2v) is 7.79. The number of aromatic amines is 1. The van der Waals surface area contributed by atoms with Crippen molar-refractivity contribution in [1.29, 1.82) is 0 Å². The molecule has 1 aromatic heterocycles. The Morgan fingerprint density at radius 3 is 2.90 bits per heavy atom. The number of ether oxygens (including phenoxy) is 2. The van der Waals surface area contributed by atoms with E-state index in [1.165, 1.54) is 11.1 Å². The van der Waals surface area contributed by atoms with Crippen molar-refractivity contribution in [2.24, 2.45) is 5.10 Å². The average Bonchev–Trinajstić information content (AvgIpc) is 3.21. The molecule has 6 nitrogen and oxygen atoms in total. The zero-order valence-electron chi connectivity index (χ0n) is 17.4. The molecular weight excluding hydrogens is 378 g/mol. The van der Waals surface area contributed by atoms with Crippen molar-refractivity contribution in [3.05, 3.63) is 64.8 Å². The fourth-order valence-corrected chi connectivity index (χ4v) is 3.99. The van der Waals surface area contributed by atoms with Gasteiger partial charge in [0.15, 0.2) is 6.61 Å². The minimum absolute atomic E-state index is 0.0763. The Labute approximate surface area is 176 Å². The van der Waals surface area contributed by atoms with E-state index in [-0.39, 0.29) is 12.5 Å².